The van der Waals surface area contributed by atoms with E-state index in [1.54, 1.807) is 0 Å². The molecule has 114 valence electrons. The molecule has 0 aromatic rings. The van der Waals surface area contributed by atoms with Gasteiger partial charge >= 0.3 is 6.18 Å². The van der Waals surface area contributed by atoms with E-state index in [4.69, 9.17) is 0 Å². The third kappa shape index (κ3) is 1.65. The van der Waals surface area contributed by atoms with Crippen molar-refractivity contribution in [2.75, 3.05) is 33.7 Å². The molecule has 2 saturated carbocycles. The maximum atomic E-state index is 13.2. The first-order valence-corrected chi connectivity index (χ1v) is 6.92. The van der Waals surface area contributed by atoms with Crippen LogP contribution in [0.25, 0.3) is 0 Å². The van der Waals surface area contributed by atoms with Gasteiger partial charge in [0.25, 0.3) is 0 Å². The molecule has 3 rings (SSSR count). The summed E-state index contributed by atoms with van der Waals surface area (Å²) in [7, 11) is 3.66. The van der Waals surface area contributed by atoms with Crippen molar-refractivity contribution >= 4 is 5.91 Å². The maximum absolute atomic E-state index is 13.2. The van der Waals surface area contributed by atoms with Gasteiger partial charge in [-0.25, -0.2) is 0 Å². The van der Waals surface area contributed by atoms with Crippen LogP contribution in [-0.4, -0.2) is 56.3 Å². The zero-order valence-corrected chi connectivity index (χ0v) is 11.7. The average molecular weight is 291 g/mol. The number of halogens is 3. The lowest BCUT2D eigenvalue weighted by molar-refractivity contribution is -0.190. The van der Waals surface area contributed by atoms with Crippen LogP contribution in [-0.2, 0) is 4.79 Å². The number of fused-ring (bicyclic) bond motifs is 1. The second-order valence-electron chi connectivity index (χ2n) is 6.75. The number of rotatable bonds is 4. The van der Waals surface area contributed by atoms with E-state index in [1.165, 1.54) is 0 Å². The van der Waals surface area contributed by atoms with Crippen molar-refractivity contribution < 1.29 is 18.0 Å². The SMILES string of the molecule is CN(C)C1(C(=O)NC[C@@]23CNC[C@]2(C(F)(F)F)C3)CC1. The van der Waals surface area contributed by atoms with Crippen LogP contribution < -0.4 is 10.6 Å². The summed E-state index contributed by atoms with van der Waals surface area (Å²) in [6, 6.07) is 0. The van der Waals surface area contributed by atoms with Crippen LogP contribution in [0.5, 0.6) is 0 Å². The van der Waals surface area contributed by atoms with Crippen molar-refractivity contribution in [2.24, 2.45) is 10.8 Å². The summed E-state index contributed by atoms with van der Waals surface area (Å²) in [4.78, 5) is 14.0. The maximum Gasteiger partial charge on any atom is 0.396 e. The van der Waals surface area contributed by atoms with Crippen LogP contribution in [0.3, 0.4) is 0 Å². The fourth-order valence-corrected chi connectivity index (χ4v) is 3.74. The van der Waals surface area contributed by atoms with E-state index < -0.39 is 22.5 Å². The van der Waals surface area contributed by atoms with E-state index in [1.807, 2.05) is 19.0 Å². The number of alkyl halides is 3. The highest BCUT2D eigenvalue weighted by Gasteiger charge is 2.81. The largest absolute Gasteiger partial charge is 0.396 e. The molecule has 0 unspecified atom stereocenters. The summed E-state index contributed by atoms with van der Waals surface area (Å²) in [6.07, 6.45) is -2.51. The first-order valence-electron chi connectivity index (χ1n) is 6.92. The van der Waals surface area contributed by atoms with Gasteiger partial charge in [-0.05, 0) is 33.4 Å². The molecule has 3 aliphatic rings. The summed E-state index contributed by atoms with van der Waals surface area (Å²) in [5.41, 5.74) is -2.94. The Hall–Kier alpha value is -0.820. The van der Waals surface area contributed by atoms with Crippen molar-refractivity contribution in [1.82, 2.24) is 15.5 Å². The van der Waals surface area contributed by atoms with Crippen LogP contribution in [0.1, 0.15) is 19.3 Å². The minimum atomic E-state index is -4.19. The predicted octanol–water partition coefficient (Wildman–Crippen LogP) is 0.739. The summed E-state index contributed by atoms with van der Waals surface area (Å²) in [5.74, 6) is -0.133. The third-order valence-electron chi connectivity index (χ3n) is 5.55. The number of nitrogens with one attached hydrogen (secondary N) is 2. The summed E-state index contributed by atoms with van der Waals surface area (Å²) in [5, 5.41) is 5.60. The van der Waals surface area contributed by atoms with Gasteiger partial charge < -0.3 is 10.6 Å². The Kier molecular flexibility index (Phi) is 2.74. The van der Waals surface area contributed by atoms with Gasteiger partial charge in [-0.1, -0.05) is 0 Å². The normalized spacial score (nSPS) is 37.7. The molecule has 3 fully saturated rings. The molecule has 1 heterocycles. The standard InChI is InChI=1S/C13H20F3N3O/c1-19(2)11(3-4-11)9(20)18-7-10-5-12(10,8-17-6-10)13(14,15)16/h17H,3-8H2,1-2H3,(H,18,20)/t10-,12-/m1/s1. The van der Waals surface area contributed by atoms with Crippen LogP contribution >= 0.6 is 0 Å². The van der Waals surface area contributed by atoms with Gasteiger partial charge in [-0.15, -0.1) is 0 Å². The first kappa shape index (κ1) is 14.1. The summed E-state index contributed by atoms with van der Waals surface area (Å²) >= 11 is 0. The molecule has 0 aromatic heterocycles. The number of carbonyl (C=O) groups is 1. The Labute approximate surface area is 116 Å². The molecule has 0 bridgehead atoms. The average Bonchev–Trinajstić information content (AvgIpc) is 3.23. The smallest absolute Gasteiger partial charge is 0.354 e. The molecular weight excluding hydrogens is 271 g/mol. The van der Waals surface area contributed by atoms with E-state index in [0.717, 1.165) is 12.8 Å². The van der Waals surface area contributed by atoms with Gasteiger partial charge in [-0.3, -0.25) is 9.69 Å². The lowest BCUT2D eigenvalue weighted by Gasteiger charge is -2.25. The van der Waals surface area contributed by atoms with E-state index in [0.29, 0.717) is 6.54 Å². The molecule has 1 amide bonds. The number of hydrogen-bond acceptors (Lipinski definition) is 3. The zero-order valence-electron chi connectivity index (χ0n) is 11.7. The number of hydrogen-bond donors (Lipinski definition) is 2. The molecule has 0 radical (unpaired) electrons. The Morgan fingerprint density at radius 2 is 1.95 bits per heavy atom. The van der Waals surface area contributed by atoms with Crippen LogP contribution in [0.15, 0.2) is 0 Å². The lowest BCUT2D eigenvalue weighted by atomic mass is 9.95. The van der Waals surface area contributed by atoms with Gasteiger partial charge in [0.1, 0.15) is 0 Å². The molecular formula is C13H20F3N3O. The second kappa shape index (κ2) is 3.88. The van der Waals surface area contributed by atoms with E-state index >= 15 is 0 Å². The molecule has 2 N–H and O–H groups in total. The molecule has 20 heavy (non-hydrogen) atoms. The van der Waals surface area contributed by atoms with Gasteiger partial charge in [0.15, 0.2) is 0 Å². The van der Waals surface area contributed by atoms with Crippen molar-refractivity contribution in [3.63, 3.8) is 0 Å². The highest BCUT2D eigenvalue weighted by atomic mass is 19.4. The summed E-state index contributed by atoms with van der Waals surface area (Å²) in [6.45, 7) is 0.431. The summed E-state index contributed by atoms with van der Waals surface area (Å²) < 4.78 is 39.5. The topological polar surface area (TPSA) is 44.4 Å². The van der Waals surface area contributed by atoms with Crippen molar-refractivity contribution in [1.29, 1.82) is 0 Å². The Balaban J connectivity index is 1.64. The zero-order chi connectivity index (χ0) is 14.8. The Bertz CT molecular complexity index is 447. The molecule has 7 heteroatoms. The van der Waals surface area contributed by atoms with Crippen molar-refractivity contribution in [2.45, 2.75) is 31.0 Å². The monoisotopic (exact) mass is 291 g/mol. The Morgan fingerprint density at radius 3 is 2.40 bits per heavy atom. The molecule has 1 aliphatic heterocycles. The van der Waals surface area contributed by atoms with Crippen molar-refractivity contribution in [3.8, 4) is 0 Å². The number of carbonyl (C=O) groups excluding carboxylic acids is 1. The van der Waals surface area contributed by atoms with E-state index in [2.05, 4.69) is 10.6 Å². The minimum absolute atomic E-state index is 0.0226. The quantitative estimate of drug-likeness (QED) is 0.803. The fraction of sp³-hybridized carbons (Fsp3) is 0.923. The molecule has 1 saturated heterocycles. The van der Waals surface area contributed by atoms with Crippen LogP contribution in [0.4, 0.5) is 13.2 Å². The number of nitrogens with zero attached hydrogens (tertiary/aromatic N) is 1. The van der Waals surface area contributed by atoms with Gasteiger partial charge in [0.2, 0.25) is 5.91 Å². The second-order valence-corrected chi connectivity index (χ2v) is 6.75. The highest BCUT2D eigenvalue weighted by molar-refractivity contribution is 5.89. The van der Waals surface area contributed by atoms with E-state index in [-0.39, 0.29) is 25.4 Å². The number of likely N-dealkylation sites (N-methyl/N-ethyl adjacent to an activating group) is 1. The van der Waals surface area contributed by atoms with E-state index in [9.17, 15) is 18.0 Å². The molecule has 4 nitrogen and oxygen atoms in total. The molecule has 0 spiro atoms. The van der Waals surface area contributed by atoms with Crippen LogP contribution in [0.2, 0.25) is 0 Å². The first-order chi connectivity index (χ1) is 9.19. The molecule has 2 aliphatic carbocycles. The van der Waals surface area contributed by atoms with Gasteiger partial charge in [-0.2, -0.15) is 13.2 Å². The predicted molar refractivity (Wildman–Crippen MR) is 67.1 cm³/mol. The van der Waals surface area contributed by atoms with Gasteiger partial charge in [0, 0.05) is 25.0 Å². The number of amides is 1. The third-order valence-corrected chi connectivity index (χ3v) is 5.55. The highest BCUT2D eigenvalue weighted by Crippen LogP contribution is 2.72. The fourth-order valence-electron chi connectivity index (χ4n) is 3.74. The van der Waals surface area contributed by atoms with Gasteiger partial charge in [0.05, 0.1) is 11.0 Å². The number of piperidine rings is 1. The molecule has 0 aromatic carbocycles. The molecule has 2 atom stereocenters. The van der Waals surface area contributed by atoms with Crippen LogP contribution in [0, 0.1) is 10.8 Å². The Morgan fingerprint density at radius 1 is 1.30 bits per heavy atom. The lowest BCUT2D eigenvalue weighted by Crippen LogP contribution is -2.48. The minimum Gasteiger partial charge on any atom is -0.354 e. The van der Waals surface area contributed by atoms with Crippen molar-refractivity contribution in [3.05, 3.63) is 0 Å².